The van der Waals surface area contributed by atoms with Gasteiger partial charge in [-0.1, -0.05) is 0 Å². The molecule has 0 aromatic carbocycles. The molecule has 66 valence electrons. The number of rotatable bonds is 1. The first-order valence-electron chi connectivity index (χ1n) is 3.90. The molecule has 13 heavy (non-hydrogen) atoms. The zero-order chi connectivity index (χ0) is 9.26. The second kappa shape index (κ2) is 2.90. The Morgan fingerprint density at radius 1 is 1.38 bits per heavy atom. The van der Waals surface area contributed by atoms with Gasteiger partial charge in [0.1, 0.15) is 5.75 Å². The van der Waals surface area contributed by atoms with Crippen molar-refractivity contribution < 1.29 is 5.11 Å². The molecule has 0 unspecified atom stereocenters. The van der Waals surface area contributed by atoms with Crippen LogP contribution in [0.15, 0.2) is 30.7 Å². The Labute approximate surface area is 75.5 Å². The number of aromatic nitrogens is 3. The van der Waals surface area contributed by atoms with Gasteiger partial charge in [0.15, 0.2) is 0 Å². The van der Waals surface area contributed by atoms with E-state index in [-0.39, 0.29) is 5.75 Å². The summed E-state index contributed by atoms with van der Waals surface area (Å²) in [6, 6.07) is 3.51. The minimum atomic E-state index is 0.156. The lowest BCUT2D eigenvalue weighted by Gasteiger charge is -1.95. The first-order chi connectivity index (χ1) is 6.25. The first kappa shape index (κ1) is 7.79. The van der Waals surface area contributed by atoms with Crippen molar-refractivity contribution in [2.75, 3.05) is 0 Å². The Morgan fingerprint density at radius 2 is 2.23 bits per heavy atom. The highest BCUT2D eigenvalue weighted by molar-refractivity contribution is 5.58. The monoisotopic (exact) mass is 175 g/mol. The van der Waals surface area contributed by atoms with Gasteiger partial charge in [-0.15, -0.1) is 0 Å². The average molecular weight is 175 g/mol. The lowest BCUT2D eigenvalue weighted by molar-refractivity contribution is 0.473. The number of nitrogens with zero attached hydrogens (tertiary/aromatic N) is 3. The smallest absolute Gasteiger partial charge is 0.134 e. The molecule has 0 bridgehead atoms. The number of pyridine rings is 1. The van der Waals surface area contributed by atoms with Gasteiger partial charge < -0.3 is 5.11 Å². The molecule has 1 N–H and O–H groups in total. The normalized spacial score (nSPS) is 10.2. The van der Waals surface area contributed by atoms with Crippen LogP contribution in [0.2, 0.25) is 0 Å². The van der Waals surface area contributed by atoms with Crippen molar-refractivity contribution in [2.24, 2.45) is 7.05 Å². The predicted octanol–water partition coefficient (Wildman–Crippen LogP) is 1.19. The van der Waals surface area contributed by atoms with E-state index in [4.69, 9.17) is 0 Å². The molecule has 0 fully saturated rings. The Bertz CT molecular complexity index is 422. The van der Waals surface area contributed by atoms with Crippen LogP contribution in [0.25, 0.3) is 11.3 Å². The van der Waals surface area contributed by atoms with Crippen LogP contribution in [0.1, 0.15) is 0 Å². The van der Waals surface area contributed by atoms with Crippen LogP contribution < -0.4 is 0 Å². The third-order valence-electron chi connectivity index (χ3n) is 1.73. The molecule has 0 saturated heterocycles. The summed E-state index contributed by atoms with van der Waals surface area (Å²) in [6.45, 7) is 0. The van der Waals surface area contributed by atoms with Gasteiger partial charge in [-0.25, -0.2) is 0 Å². The summed E-state index contributed by atoms with van der Waals surface area (Å²) >= 11 is 0. The maximum atomic E-state index is 9.18. The molecule has 2 rings (SSSR count). The third kappa shape index (κ3) is 1.51. The van der Waals surface area contributed by atoms with Crippen LogP contribution in [0.5, 0.6) is 5.75 Å². The summed E-state index contributed by atoms with van der Waals surface area (Å²) in [5, 5.41) is 13.4. The van der Waals surface area contributed by atoms with Crippen LogP contribution in [0, 0.1) is 0 Å². The van der Waals surface area contributed by atoms with Crippen molar-refractivity contribution in [3.8, 4) is 17.0 Å². The van der Waals surface area contributed by atoms with E-state index < -0.39 is 0 Å². The fraction of sp³-hybridized carbons (Fsp3) is 0.111. The van der Waals surface area contributed by atoms with E-state index >= 15 is 0 Å². The van der Waals surface area contributed by atoms with Gasteiger partial charge in [0, 0.05) is 25.0 Å². The highest BCUT2D eigenvalue weighted by Gasteiger charge is 2.01. The van der Waals surface area contributed by atoms with Crippen LogP contribution in [-0.4, -0.2) is 19.9 Å². The Balaban J connectivity index is 2.46. The van der Waals surface area contributed by atoms with Gasteiger partial charge in [-0.05, 0) is 12.1 Å². The molecule has 2 aromatic heterocycles. The number of hydrogen-bond donors (Lipinski definition) is 1. The summed E-state index contributed by atoms with van der Waals surface area (Å²) < 4.78 is 1.71. The van der Waals surface area contributed by atoms with E-state index in [0.29, 0.717) is 0 Å². The zero-order valence-corrected chi connectivity index (χ0v) is 7.18. The van der Waals surface area contributed by atoms with Crippen molar-refractivity contribution in [1.29, 1.82) is 0 Å². The molecule has 2 heterocycles. The maximum Gasteiger partial charge on any atom is 0.134 e. The molecule has 0 radical (unpaired) electrons. The molecule has 4 heteroatoms. The lowest BCUT2D eigenvalue weighted by atomic mass is 10.2. The van der Waals surface area contributed by atoms with E-state index in [2.05, 4.69) is 10.1 Å². The topological polar surface area (TPSA) is 50.9 Å². The van der Waals surface area contributed by atoms with Crippen molar-refractivity contribution in [3.63, 3.8) is 0 Å². The van der Waals surface area contributed by atoms with Crippen LogP contribution in [0.4, 0.5) is 0 Å². The summed E-state index contributed by atoms with van der Waals surface area (Å²) in [6.07, 6.45) is 4.91. The fourth-order valence-electron chi connectivity index (χ4n) is 1.14. The van der Waals surface area contributed by atoms with E-state index in [9.17, 15) is 5.11 Å². The van der Waals surface area contributed by atoms with Crippen LogP contribution >= 0.6 is 0 Å². The van der Waals surface area contributed by atoms with E-state index in [1.807, 2.05) is 19.3 Å². The van der Waals surface area contributed by atoms with Gasteiger partial charge >= 0.3 is 0 Å². The van der Waals surface area contributed by atoms with Crippen LogP contribution in [0.3, 0.4) is 0 Å². The molecule has 2 aromatic rings. The lowest BCUT2D eigenvalue weighted by Crippen LogP contribution is -1.88. The number of hydrogen-bond acceptors (Lipinski definition) is 3. The second-order valence-electron chi connectivity index (χ2n) is 2.81. The maximum absolute atomic E-state index is 9.18. The Morgan fingerprint density at radius 3 is 2.85 bits per heavy atom. The highest BCUT2D eigenvalue weighted by Crippen LogP contribution is 2.19. The number of aryl methyl sites for hydroxylation is 1. The summed E-state index contributed by atoms with van der Waals surface area (Å²) in [5.74, 6) is 0.156. The fourth-order valence-corrected chi connectivity index (χ4v) is 1.14. The molecule has 4 nitrogen and oxygen atoms in total. The van der Waals surface area contributed by atoms with Crippen molar-refractivity contribution in [2.45, 2.75) is 0 Å². The van der Waals surface area contributed by atoms with Crippen molar-refractivity contribution >= 4 is 0 Å². The molecule has 0 aliphatic carbocycles. The highest BCUT2D eigenvalue weighted by atomic mass is 16.3. The summed E-state index contributed by atoms with van der Waals surface area (Å²) in [5.41, 5.74) is 1.63. The quantitative estimate of drug-likeness (QED) is 0.708. The Kier molecular flexibility index (Phi) is 1.73. The molecule has 0 saturated carbocycles. The standard InChI is InChI=1S/C9H9N3O/c1-12-3-2-9(11-12)7-4-8(13)6-10-5-7/h2-6,13H,1H3. The summed E-state index contributed by atoms with van der Waals surface area (Å²) in [4.78, 5) is 3.87. The molecule has 0 spiro atoms. The molecule has 0 amide bonds. The third-order valence-corrected chi connectivity index (χ3v) is 1.73. The van der Waals surface area contributed by atoms with E-state index in [1.165, 1.54) is 6.20 Å². The van der Waals surface area contributed by atoms with Gasteiger partial charge in [0.25, 0.3) is 0 Å². The second-order valence-corrected chi connectivity index (χ2v) is 2.81. The minimum Gasteiger partial charge on any atom is -0.506 e. The molecule has 0 aliphatic heterocycles. The first-order valence-corrected chi connectivity index (χ1v) is 3.90. The molecule has 0 atom stereocenters. The average Bonchev–Trinajstić information content (AvgIpc) is 2.52. The van der Waals surface area contributed by atoms with Gasteiger partial charge in [-0.3, -0.25) is 9.67 Å². The molecular formula is C9H9N3O. The van der Waals surface area contributed by atoms with Crippen molar-refractivity contribution in [1.82, 2.24) is 14.8 Å². The largest absolute Gasteiger partial charge is 0.506 e. The summed E-state index contributed by atoms with van der Waals surface area (Å²) in [7, 11) is 1.85. The molecule has 0 aliphatic rings. The van der Waals surface area contributed by atoms with Gasteiger partial charge in [-0.2, -0.15) is 5.10 Å². The Hall–Kier alpha value is -1.84. The van der Waals surface area contributed by atoms with Gasteiger partial charge in [0.2, 0.25) is 0 Å². The molecular weight excluding hydrogens is 166 g/mol. The zero-order valence-electron chi connectivity index (χ0n) is 7.18. The van der Waals surface area contributed by atoms with Gasteiger partial charge in [0.05, 0.1) is 11.9 Å². The van der Waals surface area contributed by atoms with E-state index in [0.717, 1.165) is 11.3 Å². The minimum absolute atomic E-state index is 0.156. The number of aromatic hydroxyl groups is 1. The SMILES string of the molecule is Cn1ccc(-c2cncc(O)c2)n1. The van der Waals surface area contributed by atoms with Crippen molar-refractivity contribution in [3.05, 3.63) is 30.7 Å². The van der Waals surface area contributed by atoms with E-state index in [1.54, 1.807) is 16.9 Å². The van der Waals surface area contributed by atoms with Crippen LogP contribution in [-0.2, 0) is 7.05 Å². The predicted molar refractivity (Wildman–Crippen MR) is 48.1 cm³/mol.